The lowest BCUT2D eigenvalue weighted by molar-refractivity contribution is 0.0926. The number of hydrogen-bond donors (Lipinski definition) is 2. The first kappa shape index (κ1) is 15.0. The number of hydrogen-bond acceptors (Lipinski definition) is 3. The van der Waals surface area contributed by atoms with Gasteiger partial charge in [0.25, 0.3) is 5.91 Å². The smallest absolute Gasteiger partial charge is 0.290 e. The predicted octanol–water partition coefficient (Wildman–Crippen LogP) is 2.66. The van der Waals surface area contributed by atoms with E-state index in [2.05, 4.69) is 27.4 Å². The standard InChI is InChI=1S/C15H26N4O/c1-10-7-5-6-8-11(10)9-16-13(20)12-17-14(19-18-12)15(2,3)4/h10-11H,5-9H2,1-4H3,(H,16,20)(H,17,18,19). The van der Waals surface area contributed by atoms with E-state index in [-0.39, 0.29) is 17.1 Å². The summed E-state index contributed by atoms with van der Waals surface area (Å²) in [6, 6.07) is 0. The van der Waals surface area contributed by atoms with E-state index in [1.807, 2.05) is 20.8 Å². The summed E-state index contributed by atoms with van der Waals surface area (Å²) in [4.78, 5) is 16.4. The molecule has 2 unspecified atom stereocenters. The summed E-state index contributed by atoms with van der Waals surface area (Å²) in [5, 5.41) is 9.85. The Bertz CT molecular complexity index is 461. The van der Waals surface area contributed by atoms with Crippen molar-refractivity contribution in [2.24, 2.45) is 11.8 Å². The molecule has 112 valence electrons. The molecule has 5 heteroatoms. The van der Waals surface area contributed by atoms with Crippen LogP contribution in [0.3, 0.4) is 0 Å². The molecule has 5 nitrogen and oxygen atoms in total. The normalized spacial score (nSPS) is 23.6. The molecule has 1 aromatic heterocycles. The first-order valence-corrected chi connectivity index (χ1v) is 7.59. The largest absolute Gasteiger partial charge is 0.349 e. The van der Waals surface area contributed by atoms with Crippen molar-refractivity contribution >= 4 is 5.91 Å². The fourth-order valence-electron chi connectivity index (χ4n) is 2.70. The monoisotopic (exact) mass is 278 g/mol. The predicted molar refractivity (Wildman–Crippen MR) is 78.5 cm³/mol. The Morgan fingerprint density at radius 3 is 2.65 bits per heavy atom. The van der Waals surface area contributed by atoms with Gasteiger partial charge in [-0.05, 0) is 18.3 Å². The Morgan fingerprint density at radius 1 is 1.35 bits per heavy atom. The zero-order valence-electron chi connectivity index (χ0n) is 13.0. The van der Waals surface area contributed by atoms with E-state index in [0.717, 1.165) is 12.4 Å². The van der Waals surface area contributed by atoms with Gasteiger partial charge in [0, 0.05) is 12.0 Å². The van der Waals surface area contributed by atoms with E-state index in [0.29, 0.717) is 11.8 Å². The molecule has 1 fully saturated rings. The lowest BCUT2D eigenvalue weighted by Crippen LogP contribution is -2.34. The number of H-pyrrole nitrogens is 1. The van der Waals surface area contributed by atoms with Crippen LogP contribution >= 0.6 is 0 Å². The summed E-state index contributed by atoms with van der Waals surface area (Å²) in [5.41, 5.74) is -0.122. The van der Waals surface area contributed by atoms with Gasteiger partial charge >= 0.3 is 0 Å². The van der Waals surface area contributed by atoms with Crippen LogP contribution in [0, 0.1) is 11.8 Å². The van der Waals surface area contributed by atoms with Gasteiger partial charge < -0.3 is 5.32 Å². The molecule has 20 heavy (non-hydrogen) atoms. The van der Waals surface area contributed by atoms with Crippen LogP contribution in [-0.2, 0) is 5.41 Å². The van der Waals surface area contributed by atoms with Crippen LogP contribution in [0.25, 0.3) is 0 Å². The Morgan fingerprint density at radius 2 is 2.05 bits per heavy atom. The highest BCUT2D eigenvalue weighted by Gasteiger charge is 2.24. The molecular formula is C15H26N4O. The van der Waals surface area contributed by atoms with Crippen molar-refractivity contribution in [1.29, 1.82) is 0 Å². The van der Waals surface area contributed by atoms with Gasteiger partial charge in [0.05, 0.1) is 0 Å². The average Bonchev–Trinajstić information content (AvgIpc) is 2.87. The van der Waals surface area contributed by atoms with Crippen molar-refractivity contribution in [3.8, 4) is 0 Å². The van der Waals surface area contributed by atoms with Crippen LogP contribution in [-0.4, -0.2) is 27.6 Å². The molecule has 0 aliphatic heterocycles. The topological polar surface area (TPSA) is 70.7 Å². The maximum Gasteiger partial charge on any atom is 0.290 e. The fourth-order valence-corrected chi connectivity index (χ4v) is 2.70. The van der Waals surface area contributed by atoms with E-state index in [1.165, 1.54) is 25.7 Å². The summed E-state index contributed by atoms with van der Waals surface area (Å²) >= 11 is 0. The number of rotatable bonds is 3. The third-order valence-corrected chi connectivity index (χ3v) is 4.21. The maximum absolute atomic E-state index is 12.1. The number of carbonyl (C=O) groups is 1. The Hall–Kier alpha value is -1.39. The van der Waals surface area contributed by atoms with Crippen LogP contribution in [0.4, 0.5) is 0 Å². The summed E-state index contributed by atoms with van der Waals surface area (Å²) in [7, 11) is 0. The molecule has 0 spiro atoms. The molecule has 1 aliphatic rings. The van der Waals surface area contributed by atoms with Crippen LogP contribution in [0.5, 0.6) is 0 Å². The van der Waals surface area contributed by atoms with Gasteiger partial charge in [-0.15, -0.1) is 5.10 Å². The molecule has 2 atom stereocenters. The SMILES string of the molecule is CC1CCCCC1CNC(=O)c1n[nH]c(C(C)(C)C)n1. The zero-order chi connectivity index (χ0) is 14.8. The first-order valence-electron chi connectivity index (χ1n) is 7.59. The number of nitrogens with zero attached hydrogens (tertiary/aromatic N) is 2. The van der Waals surface area contributed by atoms with Gasteiger partial charge in [-0.1, -0.05) is 47.0 Å². The van der Waals surface area contributed by atoms with E-state index in [1.54, 1.807) is 0 Å². The second kappa shape index (κ2) is 5.94. The Balaban J connectivity index is 1.90. The van der Waals surface area contributed by atoms with E-state index in [4.69, 9.17) is 0 Å². The molecule has 1 heterocycles. The van der Waals surface area contributed by atoms with Gasteiger partial charge in [-0.25, -0.2) is 4.98 Å². The highest BCUT2D eigenvalue weighted by Crippen LogP contribution is 2.28. The van der Waals surface area contributed by atoms with Crippen LogP contribution in [0.1, 0.15) is 69.8 Å². The molecule has 1 amide bonds. The zero-order valence-corrected chi connectivity index (χ0v) is 13.0. The molecule has 0 radical (unpaired) electrons. The minimum Gasteiger partial charge on any atom is -0.349 e. The lowest BCUT2D eigenvalue weighted by atomic mass is 9.80. The van der Waals surface area contributed by atoms with Crippen molar-refractivity contribution in [1.82, 2.24) is 20.5 Å². The Labute approximate surface area is 120 Å². The van der Waals surface area contributed by atoms with Crippen molar-refractivity contribution in [3.05, 3.63) is 11.6 Å². The first-order chi connectivity index (χ1) is 9.38. The highest BCUT2D eigenvalue weighted by molar-refractivity contribution is 5.90. The molecule has 0 aromatic carbocycles. The molecule has 0 saturated heterocycles. The van der Waals surface area contributed by atoms with E-state index < -0.39 is 0 Å². The Kier molecular flexibility index (Phi) is 4.45. The molecule has 2 rings (SSSR count). The maximum atomic E-state index is 12.1. The number of aromatic amines is 1. The number of carbonyl (C=O) groups excluding carboxylic acids is 1. The van der Waals surface area contributed by atoms with E-state index in [9.17, 15) is 4.79 Å². The minimum absolute atomic E-state index is 0.122. The van der Waals surface area contributed by atoms with Crippen molar-refractivity contribution in [2.45, 2.75) is 58.8 Å². The van der Waals surface area contributed by atoms with Gasteiger partial charge in [0.2, 0.25) is 5.82 Å². The molecule has 0 bridgehead atoms. The van der Waals surface area contributed by atoms with Crippen molar-refractivity contribution in [3.63, 3.8) is 0 Å². The van der Waals surface area contributed by atoms with Crippen LogP contribution in [0.2, 0.25) is 0 Å². The number of aromatic nitrogens is 3. The van der Waals surface area contributed by atoms with Gasteiger partial charge in [0.1, 0.15) is 5.82 Å². The molecule has 2 N–H and O–H groups in total. The summed E-state index contributed by atoms with van der Waals surface area (Å²) in [6.45, 7) is 9.14. The number of amides is 1. The summed E-state index contributed by atoms with van der Waals surface area (Å²) in [6.07, 6.45) is 5.08. The second-order valence-electron chi connectivity index (χ2n) is 6.99. The lowest BCUT2D eigenvalue weighted by Gasteiger charge is -2.28. The van der Waals surface area contributed by atoms with Crippen molar-refractivity contribution < 1.29 is 4.79 Å². The van der Waals surface area contributed by atoms with Crippen LogP contribution < -0.4 is 5.32 Å². The minimum atomic E-state index is -0.172. The highest BCUT2D eigenvalue weighted by atomic mass is 16.2. The molecular weight excluding hydrogens is 252 g/mol. The van der Waals surface area contributed by atoms with Crippen molar-refractivity contribution in [2.75, 3.05) is 6.54 Å². The number of nitrogens with one attached hydrogen (secondary N) is 2. The molecule has 1 aliphatic carbocycles. The quantitative estimate of drug-likeness (QED) is 0.893. The molecule has 1 saturated carbocycles. The van der Waals surface area contributed by atoms with E-state index >= 15 is 0 Å². The van der Waals surface area contributed by atoms with Gasteiger partial charge in [-0.3, -0.25) is 9.89 Å². The van der Waals surface area contributed by atoms with Gasteiger partial charge in [0.15, 0.2) is 0 Å². The second-order valence-corrected chi connectivity index (χ2v) is 6.99. The third kappa shape index (κ3) is 3.58. The third-order valence-electron chi connectivity index (χ3n) is 4.21. The molecule has 1 aromatic rings. The van der Waals surface area contributed by atoms with Crippen LogP contribution in [0.15, 0.2) is 0 Å². The fraction of sp³-hybridized carbons (Fsp3) is 0.800. The van der Waals surface area contributed by atoms with Gasteiger partial charge in [-0.2, -0.15) is 0 Å². The summed E-state index contributed by atoms with van der Waals surface area (Å²) in [5.74, 6) is 2.11. The average molecular weight is 278 g/mol. The summed E-state index contributed by atoms with van der Waals surface area (Å²) < 4.78 is 0.